The summed E-state index contributed by atoms with van der Waals surface area (Å²) in [6, 6.07) is 21.2. The molecule has 4 rings (SSSR count). The van der Waals surface area contributed by atoms with Gasteiger partial charge in [-0.25, -0.2) is 9.79 Å². The van der Waals surface area contributed by atoms with E-state index in [9.17, 15) is 4.79 Å². The summed E-state index contributed by atoms with van der Waals surface area (Å²) in [5.41, 5.74) is 5.06. The predicted molar refractivity (Wildman–Crippen MR) is 120 cm³/mol. The van der Waals surface area contributed by atoms with E-state index in [1.165, 1.54) is 0 Å². The van der Waals surface area contributed by atoms with Crippen LogP contribution in [0.5, 0.6) is 11.5 Å². The number of carbonyl (C=O) groups is 1. The maximum atomic E-state index is 12.4. The fourth-order valence-electron chi connectivity index (χ4n) is 3.32. The van der Waals surface area contributed by atoms with Gasteiger partial charge < -0.3 is 14.2 Å². The van der Waals surface area contributed by atoms with E-state index < -0.39 is 5.97 Å². The molecule has 0 aromatic heterocycles. The van der Waals surface area contributed by atoms with Gasteiger partial charge in [-0.05, 0) is 60.4 Å². The van der Waals surface area contributed by atoms with Crippen LogP contribution in [0.1, 0.15) is 27.8 Å². The molecule has 0 fully saturated rings. The molecule has 0 bridgehead atoms. The summed E-state index contributed by atoms with van der Waals surface area (Å²) in [5.74, 6) is 1.05. The van der Waals surface area contributed by atoms with Crippen LogP contribution < -0.4 is 9.47 Å². The maximum Gasteiger partial charge on any atom is 0.363 e. The van der Waals surface area contributed by atoms with Gasteiger partial charge in [0, 0.05) is 5.56 Å². The highest BCUT2D eigenvalue weighted by molar-refractivity contribution is 6.13. The fraction of sp³-hybridized carbons (Fsp3) is 0.154. The van der Waals surface area contributed by atoms with Gasteiger partial charge in [-0.1, -0.05) is 48.5 Å². The number of cyclic esters (lactones) is 1. The van der Waals surface area contributed by atoms with Crippen molar-refractivity contribution in [1.82, 2.24) is 0 Å². The molecule has 0 aliphatic carbocycles. The number of hydrogen-bond acceptors (Lipinski definition) is 5. The predicted octanol–water partition coefficient (Wildman–Crippen LogP) is 5.24. The van der Waals surface area contributed by atoms with Crippen LogP contribution in [0.3, 0.4) is 0 Å². The van der Waals surface area contributed by atoms with Crippen LogP contribution in [0.15, 0.2) is 77.4 Å². The van der Waals surface area contributed by atoms with Gasteiger partial charge in [0.1, 0.15) is 6.61 Å². The molecule has 1 aliphatic heterocycles. The Morgan fingerprint density at radius 3 is 2.42 bits per heavy atom. The molecule has 1 aliphatic rings. The molecule has 3 aromatic carbocycles. The van der Waals surface area contributed by atoms with Crippen molar-refractivity contribution in [2.24, 2.45) is 4.99 Å². The van der Waals surface area contributed by atoms with Crippen LogP contribution in [0.2, 0.25) is 0 Å². The lowest BCUT2D eigenvalue weighted by Crippen LogP contribution is -2.06. The lowest BCUT2D eigenvalue weighted by molar-refractivity contribution is -0.129. The number of aryl methyl sites for hydroxylation is 2. The van der Waals surface area contributed by atoms with E-state index in [-0.39, 0.29) is 5.70 Å². The van der Waals surface area contributed by atoms with E-state index in [0.29, 0.717) is 24.0 Å². The molecule has 0 amide bonds. The third kappa shape index (κ3) is 4.51. The van der Waals surface area contributed by atoms with Crippen molar-refractivity contribution < 1.29 is 19.0 Å². The highest BCUT2D eigenvalue weighted by Gasteiger charge is 2.25. The Bertz CT molecular complexity index is 1190. The molecule has 5 nitrogen and oxygen atoms in total. The molecule has 0 atom stereocenters. The second kappa shape index (κ2) is 8.88. The number of ether oxygens (including phenoxy) is 3. The minimum absolute atomic E-state index is 0.244. The number of benzene rings is 3. The molecule has 156 valence electrons. The van der Waals surface area contributed by atoms with Crippen LogP contribution in [0, 0.1) is 13.8 Å². The molecule has 5 heteroatoms. The normalized spacial score (nSPS) is 14.4. The van der Waals surface area contributed by atoms with E-state index >= 15 is 0 Å². The van der Waals surface area contributed by atoms with Gasteiger partial charge >= 0.3 is 5.97 Å². The van der Waals surface area contributed by atoms with Crippen molar-refractivity contribution in [3.8, 4) is 11.5 Å². The van der Waals surface area contributed by atoms with Gasteiger partial charge in [0.15, 0.2) is 17.2 Å². The molecule has 0 saturated carbocycles. The van der Waals surface area contributed by atoms with E-state index in [1.54, 1.807) is 13.2 Å². The summed E-state index contributed by atoms with van der Waals surface area (Å²) in [5, 5.41) is 0. The fourth-order valence-corrected chi connectivity index (χ4v) is 3.32. The molecule has 0 saturated heterocycles. The van der Waals surface area contributed by atoms with Crippen molar-refractivity contribution in [2.75, 3.05) is 7.11 Å². The van der Waals surface area contributed by atoms with Gasteiger partial charge in [0.05, 0.1) is 7.11 Å². The van der Waals surface area contributed by atoms with Crippen LogP contribution in [-0.2, 0) is 16.1 Å². The quantitative estimate of drug-likeness (QED) is 0.410. The molecular formula is C26H23NO4. The van der Waals surface area contributed by atoms with Crippen molar-refractivity contribution in [3.63, 3.8) is 0 Å². The zero-order valence-electron chi connectivity index (χ0n) is 17.7. The number of rotatable bonds is 6. The summed E-state index contributed by atoms with van der Waals surface area (Å²) >= 11 is 0. The van der Waals surface area contributed by atoms with Gasteiger partial charge in [-0.15, -0.1) is 0 Å². The first-order chi connectivity index (χ1) is 15.0. The summed E-state index contributed by atoms with van der Waals surface area (Å²) in [6.45, 7) is 4.42. The van der Waals surface area contributed by atoms with Crippen LogP contribution >= 0.6 is 0 Å². The molecule has 3 aromatic rings. The zero-order valence-corrected chi connectivity index (χ0v) is 17.7. The summed E-state index contributed by atoms with van der Waals surface area (Å²) in [4.78, 5) is 16.8. The second-order valence-electron chi connectivity index (χ2n) is 7.28. The average Bonchev–Trinajstić information content (AvgIpc) is 3.13. The Morgan fingerprint density at radius 2 is 1.68 bits per heavy atom. The minimum atomic E-state index is -0.476. The third-order valence-electron chi connectivity index (χ3n) is 5.13. The van der Waals surface area contributed by atoms with E-state index in [1.807, 2.05) is 80.6 Å². The van der Waals surface area contributed by atoms with Crippen molar-refractivity contribution in [1.29, 1.82) is 0 Å². The third-order valence-corrected chi connectivity index (χ3v) is 5.13. The Balaban J connectivity index is 1.60. The minimum Gasteiger partial charge on any atom is -0.493 e. The lowest BCUT2D eigenvalue weighted by Gasteiger charge is -2.12. The first-order valence-corrected chi connectivity index (χ1v) is 9.99. The molecule has 0 unspecified atom stereocenters. The standard InChI is InChI=1S/C26H23NO4/c1-17-8-4-6-10-20(17)16-30-24-15-19(12-13-23(24)29-3)14-22-26(28)31-25(27-22)21-11-7-5-9-18(21)2/h4-15H,16H2,1-3H3/b22-14+. The van der Waals surface area contributed by atoms with Crippen molar-refractivity contribution in [3.05, 3.63) is 100 Å². The molecule has 31 heavy (non-hydrogen) atoms. The Kier molecular flexibility index (Phi) is 5.85. The molecular weight excluding hydrogens is 390 g/mol. The lowest BCUT2D eigenvalue weighted by atomic mass is 10.1. The number of esters is 1. The summed E-state index contributed by atoms with van der Waals surface area (Å²) in [6.07, 6.45) is 1.69. The van der Waals surface area contributed by atoms with Gasteiger partial charge in [-0.2, -0.15) is 0 Å². The van der Waals surface area contributed by atoms with Crippen LogP contribution in [0.25, 0.3) is 6.08 Å². The SMILES string of the molecule is COc1ccc(/C=C2/N=C(c3ccccc3C)OC2=O)cc1OCc1ccccc1C. The van der Waals surface area contributed by atoms with E-state index in [0.717, 1.165) is 27.8 Å². The maximum absolute atomic E-state index is 12.4. The first kappa shape index (κ1) is 20.4. The van der Waals surface area contributed by atoms with Gasteiger partial charge in [-0.3, -0.25) is 0 Å². The van der Waals surface area contributed by atoms with Crippen LogP contribution in [-0.4, -0.2) is 19.0 Å². The van der Waals surface area contributed by atoms with E-state index in [4.69, 9.17) is 14.2 Å². The molecule has 0 radical (unpaired) electrons. The van der Waals surface area contributed by atoms with Gasteiger partial charge in [0.25, 0.3) is 0 Å². The van der Waals surface area contributed by atoms with Crippen molar-refractivity contribution >= 4 is 17.9 Å². The molecule has 0 spiro atoms. The smallest absolute Gasteiger partial charge is 0.363 e. The summed E-state index contributed by atoms with van der Waals surface area (Å²) < 4.78 is 16.9. The first-order valence-electron chi connectivity index (χ1n) is 9.99. The molecule has 1 heterocycles. The summed E-state index contributed by atoms with van der Waals surface area (Å²) in [7, 11) is 1.60. The molecule has 0 N–H and O–H groups in total. The van der Waals surface area contributed by atoms with E-state index in [2.05, 4.69) is 4.99 Å². The number of nitrogens with zero attached hydrogens (tertiary/aromatic N) is 1. The highest BCUT2D eigenvalue weighted by atomic mass is 16.6. The monoisotopic (exact) mass is 413 g/mol. The number of carbonyl (C=O) groups excluding carboxylic acids is 1. The topological polar surface area (TPSA) is 57.1 Å². The highest BCUT2D eigenvalue weighted by Crippen LogP contribution is 2.31. The van der Waals surface area contributed by atoms with Gasteiger partial charge in [0.2, 0.25) is 5.90 Å². The Hall–Kier alpha value is -3.86. The zero-order chi connectivity index (χ0) is 21.8. The average molecular weight is 413 g/mol. The van der Waals surface area contributed by atoms with Crippen molar-refractivity contribution in [2.45, 2.75) is 20.5 Å². The largest absolute Gasteiger partial charge is 0.493 e. The number of methoxy groups -OCH3 is 1. The Labute approximate surface area is 181 Å². The number of hydrogen-bond donors (Lipinski definition) is 0. The Morgan fingerprint density at radius 1 is 0.935 bits per heavy atom. The second-order valence-corrected chi connectivity index (χ2v) is 7.28. The number of aliphatic imine (C=N–C) groups is 1. The van der Waals surface area contributed by atoms with Crippen LogP contribution in [0.4, 0.5) is 0 Å².